The fraction of sp³-hybridized carbons (Fsp3) is 0.308. The monoisotopic (exact) mass is 233 g/mol. The molecule has 0 bridgehead atoms. The second-order valence-corrected chi connectivity index (χ2v) is 4.53. The molecule has 4 heteroatoms. The minimum Gasteiger partial charge on any atom is -0.479 e. The average molecular weight is 233 g/mol. The van der Waals surface area contributed by atoms with Gasteiger partial charge < -0.3 is 14.8 Å². The van der Waals surface area contributed by atoms with E-state index in [0.29, 0.717) is 0 Å². The van der Waals surface area contributed by atoms with E-state index in [4.69, 9.17) is 5.11 Å². The second-order valence-electron chi connectivity index (χ2n) is 4.53. The Bertz CT molecular complexity index is 569. The maximum Gasteiger partial charge on any atom is 0.335 e. The number of fused-ring (bicyclic) bond motifs is 1. The van der Waals surface area contributed by atoms with Gasteiger partial charge in [-0.2, -0.15) is 0 Å². The first-order valence-electron chi connectivity index (χ1n) is 5.40. The van der Waals surface area contributed by atoms with Gasteiger partial charge in [0, 0.05) is 30.6 Å². The van der Waals surface area contributed by atoms with Crippen LogP contribution in [0.1, 0.15) is 12.5 Å². The Balaban J connectivity index is 2.46. The summed E-state index contributed by atoms with van der Waals surface area (Å²) in [5.41, 5.74) is 0.142. The molecule has 2 N–H and O–H groups in total. The number of hydrogen-bond donors (Lipinski definition) is 2. The Labute approximate surface area is 99.1 Å². The summed E-state index contributed by atoms with van der Waals surface area (Å²) in [6.07, 6.45) is 2.02. The number of carboxylic acid groups (broad SMARTS) is 1. The lowest BCUT2D eigenvalue weighted by molar-refractivity contribution is -0.156. The molecular weight excluding hydrogens is 218 g/mol. The van der Waals surface area contributed by atoms with Crippen molar-refractivity contribution in [2.24, 2.45) is 7.05 Å². The molecule has 1 atom stereocenters. The van der Waals surface area contributed by atoms with Gasteiger partial charge >= 0.3 is 5.97 Å². The molecular formula is C13H15NO3. The standard InChI is InChI=1S/C13H15NO3/c1-13(17,12(15)16)8-9-4-3-5-11-10(9)6-7-14(11)2/h3-7,17H,8H2,1-2H3,(H,15,16). The molecule has 1 heterocycles. The van der Waals surface area contributed by atoms with E-state index in [-0.39, 0.29) is 6.42 Å². The summed E-state index contributed by atoms with van der Waals surface area (Å²) in [6.45, 7) is 1.32. The Hall–Kier alpha value is -1.81. The van der Waals surface area contributed by atoms with Crippen molar-refractivity contribution >= 4 is 16.9 Å². The maximum atomic E-state index is 10.9. The van der Waals surface area contributed by atoms with Gasteiger partial charge in [0.15, 0.2) is 5.60 Å². The van der Waals surface area contributed by atoms with Crippen LogP contribution in [-0.2, 0) is 18.3 Å². The second kappa shape index (κ2) is 3.89. The lowest BCUT2D eigenvalue weighted by Crippen LogP contribution is -2.37. The fourth-order valence-corrected chi connectivity index (χ4v) is 1.97. The third-order valence-electron chi connectivity index (χ3n) is 3.01. The van der Waals surface area contributed by atoms with Crippen molar-refractivity contribution in [2.45, 2.75) is 18.9 Å². The van der Waals surface area contributed by atoms with Gasteiger partial charge in [0.25, 0.3) is 0 Å². The molecule has 0 aliphatic carbocycles. The van der Waals surface area contributed by atoms with Crippen LogP contribution >= 0.6 is 0 Å². The molecule has 4 nitrogen and oxygen atoms in total. The predicted octanol–water partition coefficient (Wildman–Crippen LogP) is 1.56. The molecule has 0 saturated carbocycles. The molecule has 1 aromatic heterocycles. The zero-order chi connectivity index (χ0) is 12.6. The van der Waals surface area contributed by atoms with E-state index in [0.717, 1.165) is 16.5 Å². The molecule has 0 aliphatic heterocycles. The number of rotatable bonds is 3. The predicted molar refractivity (Wildman–Crippen MR) is 64.9 cm³/mol. The average Bonchev–Trinajstić information content (AvgIpc) is 2.61. The molecule has 0 fully saturated rings. The summed E-state index contributed by atoms with van der Waals surface area (Å²) in [5.74, 6) is -1.20. The van der Waals surface area contributed by atoms with Crippen LogP contribution < -0.4 is 0 Å². The number of benzene rings is 1. The first kappa shape index (κ1) is 11.7. The van der Waals surface area contributed by atoms with E-state index >= 15 is 0 Å². The molecule has 90 valence electrons. The summed E-state index contributed by atoms with van der Waals surface area (Å²) in [7, 11) is 1.93. The molecule has 0 saturated heterocycles. The third kappa shape index (κ3) is 2.03. The topological polar surface area (TPSA) is 62.5 Å². The van der Waals surface area contributed by atoms with E-state index in [1.54, 1.807) is 0 Å². The van der Waals surface area contributed by atoms with Gasteiger partial charge in [0.1, 0.15) is 0 Å². The highest BCUT2D eigenvalue weighted by Gasteiger charge is 2.30. The van der Waals surface area contributed by atoms with Gasteiger partial charge in [0.2, 0.25) is 0 Å². The minimum absolute atomic E-state index is 0.101. The summed E-state index contributed by atoms with van der Waals surface area (Å²) >= 11 is 0. The van der Waals surface area contributed by atoms with E-state index in [2.05, 4.69) is 0 Å². The first-order valence-corrected chi connectivity index (χ1v) is 5.40. The van der Waals surface area contributed by atoms with E-state index in [9.17, 15) is 9.90 Å². The van der Waals surface area contributed by atoms with Crippen molar-refractivity contribution in [3.8, 4) is 0 Å². The van der Waals surface area contributed by atoms with Gasteiger partial charge in [-0.3, -0.25) is 0 Å². The SMILES string of the molecule is Cn1ccc2c(CC(C)(O)C(=O)O)cccc21. The van der Waals surface area contributed by atoms with Crippen LogP contribution in [0.3, 0.4) is 0 Å². The van der Waals surface area contributed by atoms with Crippen LogP contribution in [0.25, 0.3) is 10.9 Å². The number of nitrogens with zero attached hydrogens (tertiary/aromatic N) is 1. The zero-order valence-electron chi connectivity index (χ0n) is 9.84. The van der Waals surface area contributed by atoms with Gasteiger partial charge in [-0.05, 0) is 24.6 Å². The van der Waals surface area contributed by atoms with Crippen LogP contribution in [0.4, 0.5) is 0 Å². The minimum atomic E-state index is -1.73. The van der Waals surface area contributed by atoms with Crippen molar-refractivity contribution in [3.63, 3.8) is 0 Å². The molecule has 0 aliphatic rings. The molecule has 2 aromatic rings. The normalized spacial score (nSPS) is 14.8. The van der Waals surface area contributed by atoms with E-state index < -0.39 is 11.6 Å². The fourth-order valence-electron chi connectivity index (χ4n) is 1.97. The van der Waals surface area contributed by atoms with Crippen molar-refractivity contribution in [1.82, 2.24) is 4.57 Å². The Morgan fingerprint density at radius 3 is 2.76 bits per heavy atom. The highest BCUT2D eigenvalue weighted by molar-refractivity contribution is 5.85. The Morgan fingerprint density at radius 1 is 1.41 bits per heavy atom. The molecule has 0 spiro atoms. The molecule has 2 rings (SSSR count). The number of carboxylic acids is 1. The number of aryl methyl sites for hydroxylation is 1. The quantitative estimate of drug-likeness (QED) is 0.845. The molecule has 17 heavy (non-hydrogen) atoms. The van der Waals surface area contributed by atoms with Gasteiger partial charge in [-0.25, -0.2) is 4.79 Å². The van der Waals surface area contributed by atoms with Gasteiger partial charge in [-0.15, -0.1) is 0 Å². The van der Waals surface area contributed by atoms with Crippen LogP contribution in [0, 0.1) is 0 Å². The Morgan fingerprint density at radius 2 is 2.12 bits per heavy atom. The number of aliphatic carboxylic acids is 1. The lowest BCUT2D eigenvalue weighted by Gasteiger charge is -2.18. The van der Waals surface area contributed by atoms with Crippen LogP contribution in [0.2, 0.25) is 0 Å². The van der Waals surface area contributed by atoms with E-state index in [1.807, 2.05) is 42.1 Å². The van der Waals surface area contributed by atoms with Crippen molar-refractivity contribution in [1.29, 1.82) is 0 Å². The summed E-state index contributed by atoms with van der Waals surface area (Å²) in [5, 5.41) is 19.7. The number of hydrogen-bond acceptors (Lipinski definition) is 2. The van der Waals surface area contributed by atoms with Crippen molar-refractivity contribution < 1.29 is 15.0 Å². The molecule has 1 aromatic carbocycles. The van der Waals surface area contributed by atoms with E-state index in [1.165, 1.54) is 6.92 Å². The highest BCUT2D eigenvalue weighted by atomic mass is 16.4. The van der Waals surface area contributed by atoms with Crippen LogP contribution in [0.15, 0.2) is 30.5 Å². The molecule has 1 unspecified atom stereocenters. The molecule has 0 radical (unpaired) electrons. The largest absolute Gasteiger partial charge is 0.479 e. The number of aliphatic hydroxyl groups is 1. The zero-order valence-corrected chi connectivity index (χ0v) is 9.84. The first-order chi connectivity index (χ1) is 7.92. The third-order valence-corrected chi connectivity index (χ3v) is 3.01. The molecule has 0 amide bonds. The van der Waals surface area contributed by atoms with Crippen LogP contribution in [-0.4, -0.2) is 26.4 Å². The van der Waals surface area contributed by atoms with Crippen LogP contribution in [0.5, 0.6) is 0 Å². The maximum absolute atomic E-state index is 10.9. The summed E-state index contributed by atoms with van der Waals surface area (Å²) < 4.78 is 1.97. The van der Waals surface area contributed by atoms with Crippen molar-refractivity contribution in [3.05, 3.63) is 36.0 Å². The summed E-state index contributed by atoms with van der Waals surface area (Å²) in [4.78, 5) is 10.9. The smallest absolute Gasteiger partial charge is 0.335 e. The van der Waals surface area contributed by atoms with Gasteiger partial charge in [-0.1, -0.05) is 12.1 Å². The lowest BCUT2D eigenvalue weighted by atomic mass is 9.94. The van der Waals surface area contributed by atoms with Gasteiger partial charge in [0.05, 0.1) is 0 Å². The number of aromatic nitrogens is 1. The summed E-state index contributed by atoms with van der Waals surface area (Å²) in [6, 6.07) is 7.62. The van der Waals surface area contributed by atoms with Crippen molar-refractivity contribution in [2.75, 3.05) is 0 Å². The Kier molecular flexibility index (Phi) is 2.67. The highest BCUT2D eigenvalue weighted by Crippen LogP contribution is 2.23. The number of carbonyl (C=O) groups is 1.